The van der Waals surface area contributed by atoms with Gasteiger partial charge in [-0.25, -0.2) is 0 Å². The number of ether oxygens (including phenoxy) is 3. The lowest BCUT2D eigenvalue weighted by Crippen LogP contribution is -2.36. The zero-order valence-electron chi connectivity index (χ0n) is 18.3. The zero-order valence-corrected chi connectivity index (χ0v) is 18.3. The van der Waals surface area contributed by atoms with Crippen molar-refractivity contribution in [2.45, 2.75) is 26.7 Å². The summed E-state index contributed by atoms with van der Waals surface area (Å²) in [4.78, 5) is 38.1. The van der Waals surface area contributed by atoms with Crippen LogP contribution in [0.1, 0.15) is 25.0 Å². The van der Waals surface area contributed by atoms with E-state index in [4.69, 9.17) is 14.2 Å². The molecule has 1 N–H and O–H groups in total. The predicted octanol–water partition coefficient (Wildman–Crippen LogP) is 2.60. The van der Waals surface area contributed by atoms with Crippen molar-refractivity contribution in [3.8, 4) is 17.2 Å². The molecule has 1 aliphatic heterocycles. The zero-order chi connectivity index (χ0) is 23.1. The van der Waals surface area contributed by atoms with Crippen molar-refractivity contribution in [3.05, 3.63) is 65.5 Å². The van der Waals surface area contributed by atoms with Crippen molar-refractivity contribution >= 4 is 17.6 Å². The van der Waals surface area contributed by atoms with Crippen molar-refractivity contribution in [1.82, 2.24) is 10.2 Å². The first-order chi connectivity index (χ1) is 15.4. The Balaban J connectivity index is 1.85. The van der Waals surface area contributed by atoms with Crippen molar-refractivity contribution < 1.29 is 28.6 Å². The Kier molecular flexibility index (Phi) is 7.49. The van der Waals surface area contributed by atoms with Crippen LogP contribution in [-0.4, -0.2) is 42.9 Å². The Hall–Kier alpha value is -3.81. The molecule has 0 radical (unpaired) electrons. The summed E-state index contributed by atoms with van der Waals surface area (Å²) in [6.07, 6.45) is 1.91. The number of fused-ring (bicyclic) bond motifs is 1. The molecular formula is C24H26N2O6. The van der Waals surface area contributed by atoms with E-state index in [1.54, 1.807) is 12.1 Å². The number of Topliss-reactive ketones (excluding diaryl/α,β-unsaturated/α-hetero) is 1. The molecule has 0 saturated heterocycles. The summed E-state index contributed by atoms with van der Waals surface area (Å²) in [5.74, 6) is 0.838. The minimum atomic E-state index is -0.310. The highest BCUT2D eigenvalue weighted by molar-refractivity contribution is 5.88. The molecule has 8 heteroatoms. The highest BCUT2D eigenvalue weighted by atomic mass is 16.7. The van der Waals surface area contributed by atoms with E-state index < -0.39 is 0 Å². The number of amides is 2. The van der Waals surface area contributed by atoms with E-state index in [-0.39, 0.29) is 43.8 Å². The molecule has 0 aliphatic carbocycles. The minimum absolute atomic E-state index is 0.0945. The molecule has 8 nitrogen and oxygen atoms in total. The third kappa shape index (κ3) is 5.87. The van der Waals surface area contributed by atoms with Crippen LogP contribution in [0.4, 0.5) is 0 Å². The first kappa shape index (κ1) is 22.9. The fraction of sp³-hybridized carbons (Fsp3) is 0.292. The number of methoxy groups -OCH3 is 1. The standard InChI is InChI=1S/C24H26N2O6/c1-16(27)25-13-20(9-19-11-22(30-3)24-23(12-19)31-15-32-24)26(17(2)28)14-21(29)10-18-7-5-4-6-8-18/h4-8,11-13H,9-10,14-15H2,1-3H3,(H,25,27). The van der Waals surface area contributed by atoms with Gasteiger partial charge < -0.3 is 24.4 Å². The third-order valence-corrected chi connectivity index (χ3v) is 4.85. The van der Waals surface area contributed by atoms with Crippen LogP contribution < -0.4 is 19.5 Å². The lowest BCUT2D eigenvalue weighted by atomic mass is 10.1. The van der Waals surface area contributed by atoms with Gasteiger partial charge in [-0.15, -0.1) is 0 Å². The van der Waals surface area contributed by atoms with Gasteiger partial charge >= 0.3 is 0 Å². The number of hydrogen-bond acceptors (Lipinski definition) is 6. The minimum Gasteiger partial charge on any atom is -0.493 e. The van der Waals surface area contributed by atoms with Gasteiger partial charge in [0.15, 0.2) is 17.3 Å². The maximum atomic E-state index is 12.7. The number of nitrogens with one attached hydrogen (secondary N) is 1. The molecule has 0 saturated carbocycles. The normalized spacial score (nSPS) is 12.3. The van der Waals surface area contributed by atoms with Gasteiger partial charge in [-0.3, -0.25) is 14.4 Å². The van der Waals surface area contributed by atoms with E-state index in [9.17, 15) is 14.4 Å². The molecule has 1 heterocycles. The van der Waals surface area contributed by atoms with E-state index in [1.807, 2.05) is 30.3 Å². The Bertz CT molecular complexity index is 1030. The fourth-order valence-electron chi connectivity index (χ4n) is 3.38. The third-order valence-electron chi connectivity index (χ3n) is 4.85. The molecular weight excluding hydrogens is 412 g/mol. The highest BCUT2D eigenvalue weighted by Gasteiger charge is 2.23. The predicted molar refractivity (Wildman–Crippen MR) is 117 cm³/mol. The first-order valence-corrected chi connectivity index (χ1v) is 10.1. The molecule has 3 rings (SSSR count). The van der Waals surface area contributed by atoms with E-state index in [0.29, 0.717) is 22.9 Å². The van der Waals surface area contributed by atoms with Gasteiger partial charge in [0.05, 0.1) is 13.7 Å². The molecule has 0 fully saturated rings. The summed E-state index contributed by atoms with van der Waals surface area (Å²) >= 11 is 0. The number of hydrogen-bond donors (Lipinski definition) is 1. The SMILES string of the molecule is COc1cc(CC(=CNC(C)=O)N(CC(=O)Cc2ccccc2)C(C)=O)cc2c1OCO2. The largest absolute Gasteiger partial charge is 0.493 e. The second-order valence-electron chi connectivity index (χ2n) is 7.35. The van der Waals surface area contributed by atoms with Gasteiger partial charge in [0, 0.05) is 38.6 Å². The summed E-state index contributed by atoms with van der Waals surface area (Å²) in [5, 5.41) is 2.61. The average Bonchev–Trinajstić information content (AvgIpc) is 3.23. The molecule has 32 heavy (non-hydrogen) atoms. The summed E-state index contributed by atoms with van der Waals surface area (Å²) in [6, 6.07) is 12.9. The Morgan fingerprint density at radius 2 is 1.81 bits per heavy atom. The van der Waals surface area contributed by atoms with E-state index in [2.05, 4.69) is 5.32 Å². The van der Waals surface area contributed by atoms with Gasteiger partial charge in [-0.1, -0.05) is 30.3 Å². The van der Waals surface area contributed by atoms with Crippen LogP contribution in [0.2, 0.25) is 0 Å². The van der Waals surface area contributed by atoms with Gasteiger partial charge in [0.1, 0.15) is 0 Å². The molecule has 2 amide bonds. The van der Waals surface area contributed by atoms with Crippen molar-refractivity contribution in [1.29, 1.82) is 0 Å². The second kappa shape index (κ2) is 10.5. The maximum Gasteiger partial charge on any atom is 0.231 e. The lowest BCUT2D eigenvalue weighted by molar-refractivity contribution is -0.131. The van der Waals surface area contributed by atoms with E-state index >= 15 is 0 Å². The monoisotopic (exact) mass is 438 g/mol. The summed E-state index contributed by atoms with van der Waals surface area (Å²) in [6.45, 7) is 2.74. The van der Waals surface area contributed by atoms with Gasteiger partial charge in [-0.2, -0.15) is 0 Å². The summed E-state index contributed by atoms with van der Waals surface area (Å²) in [5.41, 5.74) is 2.10. The lowest BCUT2D eigenvalue weighted by Gasteiger charge is -2.24. The van der Waals surface area contributed by atoms with Crippen LogP contribution in [-0.2, 0) is 27.2 Å². The molecule has 0 aromatic heterocycles. The molecule has 168 valence electrons. The number of carbonyl (C=O) groups excluding carboxylic acids is 3. The molecule has 0 spiro atoms. The summed E-state index contributed by atoms with van der Waals surface area (Å²) < 4.78 is 16.3. The van der Waals surface area contributed by atoms with Gasteiger partial charge in [0.2, 0.25) is 24.4 Å². The van der Waals surface area contributed by atoms with Crippen molar-refractivity contribution in [2.24, 2.45) is 0 Å². The van der Waals surface area contributed by atoms with Crippen LogP contribution in [0.25, 0.3) is 0 Å². The number of nitrogens with zero attached hydrogens (tertiary/aromatic N) is 1. The number of benzene rings is 2. The molecule has 0 atom stereocenters. The van der Waals surface area contributed by atoms with Crippen LogP contribution in [0.3, 0.4) is 0 Å². The van der Waals surface area contributed by atoms with E-state index in [0.717, 1.165) is 11.1 Å². The van der Waals surface area contributed by atoms with Crippen LogP contribution >= 0.6 is 0 Å². The molecule has 0 bridgehead atoms. The molecule has 2 aromatic rings. The van der Waals surface area contributed by atoms with Crippen molar-refractivity contribution in [2.75, 3.05) is 20.4 Å². The quantitative estimate of drug-likeness (QED) is 0.647. The average molecular weight is 438 g/mol. The van der Waals surface area contributed by atoms with Gasteiger partial charge in [0.25, 0.3) is 0 Å². The Morgan fingerprint density at radius 3 is 2.47 bits per heavy atom. The topological polar surface area (TPSA) is 94.2 Å². The van der Waals surface area contributed by atoms with Crippen LogP contribution in [0.15, 0.2) is 54.4 Å². The summed E-state index contributed by atoms with van der Waals surface area (Å²) in [7, 11) is 1.53. The second-order valence-corrected chi connectivity index (χ2v) is 7.35. The Morgan fingerprint density at radius 1 is 1.06 bits per heavy atom. The Labute approximate surface area is 186 Å². The molecule has 0 unspecified atom stereocenters. The number of ketones is 1. The van der Waals surface area contributed by atoms with Crippen LogP contribution in [0.5, 0.6) is 17.2 Å². The molecule has 1 aliphatic rings. The first-order valence-electron chi connectivity index (χ1n) is 10.1. The smallest absolute Gasteiger partial charge is 0.231 e. The number of rotatable bonds is 9. The van der Waals surface area contributed by atoms with Crippen molar-refractivity contribution in [3.63, 3.8) is 0 Å². The number of carbonyl (C=O) groups is 3. The molecule has 2 aromatic carbocycles. The van der Waals surface area contributed by atoms with Gasteiger partial charge in [-0.05, 0) is 23.3 Å². The fourth-order valence-corrected chi connectivity index (χ4v) is 3.38. The highest BCUT2D eigenvalue weighted by Crippen LogP contribution is 2.42. The number of allylic oxidation sites excluding steroid dienone is 1. The maximum absolute atomic E-state index is 12.7. The van der Waals surface area contributed by atoms with Crippen LogP contribution in [0, 0.1) is 0 Å². The van der Waals surface area contributed by atoms with E-state index in [1.165, 1.54) is 32.1 Å².